The molecule has 1 aliphatic rings. The molecule has 0 radical (unpaired) electrons. The number of carbonyl (C=O) groups excluding carboxylic acids is 2. The summed E-state index contributed by atoms with van der Waals surface area (Å²) in [5, 5.41) is 6.60. The maximum Gasteiger partial charge on any atom is 0.262 e. The normalized spacial score (nSPS) is 13.2. The van der Waals surface area contributed by atoms with Crippen molar-refractivity contribution in [1.29, 1.82) is 0 Å². The average molecular weight is 473 g/mol. The fourth-order valence-electron chi connectivity index (χ4n) is 3.88. The van der Waals surface area contributed by atoms with Crippen molar-refractivity contribution in [2.75, 3.05) is 5.32 Å². The quantitative estimate of drug-likeness (QED) is 0.563. The van der Waals surface area contributed by atoms with E-state index in [0.717, 1.165) is 36.1 Å². The molecule has 0 atom stereocenters. The third-order valence-corrected chi connectivity index (χ3v) is 6.97. The molecule has 2 N–H and O–H groups in total. The number of hydrogen-bond donors (Lipinski definition) is 2. The smallest absolute Gasteiger partial charge is 0.262 e. The van der Waals surface area contributed by atoms with Crippen LogP contribution in [-0.2, 0) is 24.2 Å². The highest BCUT2D eigenvalue weighted by molar-refractivity contribution is 7.18. The van der Waals surface area contributed by atoms with E-state index in [2.05, 4.69) is 15.6 Å². The Morgan fingerprint density at radius 3 is 2.81 bits per heavy atom. The Balaban J connectivity index is 1.47. The lowest BCUT2D eigenvalue weighted by Gasteiger charge is -2.12. The van der Waals surface area contributed by atoms with Crippen LogP contribution in [0.2, 0.25) is 5.02 Å². The average Bonchev–Trinajstić information content (AvgIpc) is 3.13. The molecule has 1 aliphatic carbocycles. The summed E-state index contributed by atoms with van der Waals surface area (Å²) in [6.45, 7) is 3.95. The van der Waals surface area contributed by atoms with E-state index in [4.69, 9.17) is 11.6 Å². The predicted molar refractivity (Wildman–Crippen MR) is 128 cm³/mol. The summed E-state index contributed by atoms with van der Waals surface area (Å²) in [5.41, 5.74) is 1.82. The third kappa shape index (κ3) is 4.71. The number of benzene rings is 1. The number of halogens is 1. The van der Waals surface area contributed by atoms with Crippen LogP contribution in [0.25, 0.3) is 10.2 Å². The van der Waals surface area contributed by atoms with Crippen LogP contribution in [-0.4, -0.2) is 27.4 Å². The molecule has 0 spiro atoms. The van der Waals surface area contributed by atoms with Crippen LogP contribution in [0.4, 0.5) is 5.69 Å². The van der Waals surface area contributed by atoms with Gasteiger partial charge in [-0.1, -0.05) is 11.6 Å². The van der Waals surface area contributed by atoms with E-state index in [-0.39, 0.29) is 36.4 Å². The number of thiophene rings is 1. The SMILES string of the molecule is CC(C)NC(=O)c1ccc(Cl)c(NC(=O)CCn2cnc3sc4c(c3c2=O)CCCC4)c1. The lowest BCUT2D eigenvalue weighted by atomic mass is 9.97. The van der Waals surface area contributed by atoms with Gasteiger partial charge < -0.3 is 10.6 Å². The van der Waals surface area contributed by atoms with Gasteiger partial charge in [-0.2, -0.15) is 0 Å². The number of fused-ring (bicyclic) bond motifs is 3. The molecule has 4 rings (SSSR count). The van der Waals surface area contributed by atoms with Gasteiger partial charge in [0.15, 0.2) is 0 Å². The number of aryl methyl sites for hydroxylation is 3. The molecule has 0 saturated heterocycles. The highest BCUT2D eigenvalue weighted by Gasteiger charge is 2.20. The zero-order valence-corrected chi connectivity index (χ0v) is 19.6. The Labute approximate surface area is 194 Å². The van der Waals surface area contributed by atoms with E-state index >= 15 is 0 Å². The van der Waals surface area contributed by atoms with Crippen molar-refractivity contribution in [1.82, 2.24) is 14.9 Å². The van der Waals surface area contributed by atoms with Crippen molar-refractivity contribution < 1.29 is 9.59 Å². The van der Waals surface area contributed by atoms with Gasteiger partial charge in [-0.25, -0.2) is 4.98 Å². The van der Waals surface area contributed by atoms with Crippen molar-refractivity contribution >= 4 is 50.7 Å². The Hall–Kier alpha value is -2.71. The Morgan fingerprint density at radius 1 is 1.25 bits per heavy atom. The number of anilines is 1. The number of nitrogens with one attached hydrogen (secondary N) is 2. The number of nitrogens with zero attached hydrogens (tertiary/aromatic N) is 2. The van der Waals surface area contributed by atoms with Crippen molar-refractivity contribution in [3.63, 3.8) is 0 Å². The van der Waals surface area contributed by atoms with Gasteiger partial charge in [0.05, 0.1) is 22.4 Å². The van der Waals surface area contributed by atoms with Gasteiger partial charge in [0.1, 0.15) is 4.83 Å². The molecule has 168 valence electrons. The summed E-state index contributed by atoms with van der Waals surface area (Å²) in [7, 11) is 0. The van der Waals surface area contributed by atoms with Crippen molar-refractivity contribution in [2.24, 2.45) is 0 Å². The topological polar surface area (TPSA) is 93.1 Å². The molecule has 0 unspecified atom stereocenters. The van der Waals surface area contributed by atoms with Gasteiger partial charge in [-0.05, 0) is 63.3 Å². The summed E-state index contributed by atoms with van der Waals surface area (Å²) in [4.78, 5) is 44.3. The molecule has 1 aromatic carbocycles. The molecule has 2 amide bonds. The third-order valence-electron chi connectivity index (χ3n) is 5.44. The molecule has 0 aliphatic heterocycles. The Bertz CT molecular complexity index is 1250. The van der Waals surface area contributed by atoms with Gasteiger partial charge in [0.2, 0.25) is 5.91 Å². The molecule has 2 heterocycles. The van der Waals surface area contributed by atoms with Gasteiger partial charge >= 0.3 is 0 Å². The van der Waals surface area contributed by atoms with E-state index < -0.39 is 0 Å². The van der Waals surface area contributed by atoms with Crippen molar-refractivity contribution in [3.05, 3.63) is 55.9 Å². The molecule has 0 fully saturated rings. The van der Waals surface area contributed by atoms with Crippen LogP contribution in [0.3, 0.4) is 0 Å². The minimum Gasteiger partial charge on any atom is -0.350 e. The fraction of sp³-hybridized carbons (Fsp3) is 0.391. The summed E-state index contributed by atoms with van der Waals surface area (Å²) >= 11 is 7.81. The molecule has 0 saturated carbocycles. The number of amides is 2. The molecule has 0 bridgehead atoms. The first kappa shape index (κ1) is 22.5. The molecule has 32 heavy (non-hydrogen) atoms. The van der Waals surface area contributed by atoms with Crippen molar-refractivity contribution in [3.8, 4) is 0 Å². The number of rotatable bonds is 6. The van der Waals surface area contributed by atoms with Crippen LogP contribution in [0.15, 0.2) is 29.3 Å². The standard InChI is InChI=1S/C23H25ClN4O3S/c1-13(2)26-21(30)14-7-8-16(24)17(11-14)27-19(29)9-10-28-12-25-22-20(23(28)31)15-5-3-4-6-18(15)32-22/h7-8,11-13H,3-6,9-10H2,1-2H3,(H,26,30)(H,27,29). The van der Waals surface area contributed by atoms with E-state index in [1.54, 1.807) is 29.5 Å². The van der Waals surface area contributed by atoms with Gasteiger partial charge in [0.25, 0.3) is 11.5 Å². The second kappa shape index (κ2) is 9.42. The van der Waals surface area contributed by atoms with Crippen LogP contribution in [0.1, 0.15) is 53.9 Å². The van der Waals surface area contributed by atoms with Crippen LogP contribution < -0.4 is 16.2 Å². The summed E-state index contributed by atoms with van der Waals surface area (Å²) in [6, 6.07) is 4.73. The van der Waals surface area contributed by atoms with E-state index in [0.29, 0.717) is 21.7 Å². The van der Waals surface area contributed by atoms with Gasteiger partial charge in [0, 0.05) is 29.4 Å². The zero-order valence-electron chi connectivity index (χ0n) is 18.0. The molecule has 9 heteroatoms. The number of hydrogen-bond acceptors (Lipinski definition) is 5. The second-order valence-electron chi connectivity index (χ2n) is 8.26. The van der Waals surface area contributed by atoms with E-state index in [1.807, 2.05) is 13.8 Å². The number of aromatic nitrogens is 2. The zero-order chi connectivity index (χ0) is 22.8. The van der Waals surface area contributed by atoms with Crippen LogP contribution >= 0.6 is 22.9 Å². The monoisotopic (exact) mass is 472 g/mol. The first-order chi connectivity index (χ1) is 15.3. The highest BCUT2D eigenvalue weighted by atomic mass is 35.5. The maximum atomic E-state index is 13.0. The maximum absolute atomic E-state index is 13.0. The van der Waals surface area contributed by atoms with Gasteiger partial charge in [-0.15, -0.1) is 11.3 Å². The minimum absolute atomic E-state index is 0.00526. The second-order valence-corrected chi connectivity index (χ2v) is 9.75. The highest BCUT2D eigenvalue weighted by Crippen LogP contribution is 2.33. The first-order valence-corrected chi connectivity index (χ1v) is 11.9. The van der Waals surface area contributed by atoms with E-state index in [9.17, 15) is 14.4 Å². The summed E-state index contributed by atoms with van der Waals surface area (Å²) in [6.07, 6.45) is 5.76. The first-order valence-electron chi connectivity index (χ1n) is 10.7. The fourth-order valence-corrected chi connectivity index (χ4v) is 5.27. The summed E-state index contributed by atoms with van der Waals surface area (Å²) in [5.74, 6) is -0.537. The molecular weight excluding hydrogens is 448 g/mol. The lowest BCUT2D eigenvalue weighted by molar-refractivity contribution is -0.116. The lowest BCUT2D eigenvalue weighted by Crippen LogP contribution is -2.30. The van der Waals surface area contributed by atoms with Crippen LogP contribution in [0, 0.1) is 0 Å². The molecule has 3 aromatic rings. The van der Waals surface area contributed by atoms with E-state index in [1.165, 1.54) is 15.8 Å². The minimum atomic E-state index is -0.298. The number of carbonyl (C=O) groups is 2. The van der Waals surface area contributed by atoms with Gasteiger partial charge in [-0.3, -0.25) is 19.0 Å². The van der Waals surface area contributed by atoms with Crippen molar-refractivity contribution in [2.45, 2.75) is 58.5 Å². The molecular formula is C23H25ClN4O3S. The predicted octanol–water partition coefficient (Wildman–Crippen LogP) is 4.16. The van der Waals surface area contributed by atoms with Crippen LogP contribution in [0.5, 0.6) is 0 Å². The Morgan fingerprint density at radius 2 is 2.03 bits per heavy atom. The molecule has 7 nitrogen and oxygen atoms in total. The molecule has 2 aromatic heterocycles. The summed E-state index contributed by atoms with van der Waals surface area (Å²) < 4.78 is 1.50. The Kier molecular flexibility index (Phi) is 6.62. The largest absolute Gasteiger partial charge is 0.350 e.